The Bertz CT molecular complexity index is 226. The van der Waals surface area contributed by atoms with Gasteiger partial charge in [-0.15, -0.1) is 0 Å². The van der Waals surface area contributed by atoms with E-state index in [0.717, 1.165) is 12.5 Å². The van der Waals surface area contributed by atoms with Gasteiger partial charge in [0, 0.05) is 26.7 Å². The molecule has 0 bridgehead atoms. The van der Waals surface area contributed by atoms with E-state index < -0.39 is 0 Å². The third-order valence-electron chi connectivity index (χ3n) is 4.64. The van der Waals surface area contributed by atoms with Crippen LogP contribution < -0.4 is 5.32 Å². The van der Waals surface area contributed by atoms with Crippen molar-refractivity contribution in [1.82, 2.24) is 10.2 Å². The van der Waals surface area contributed by atoms with Crippen LogP contribution in [-0.2, 0) is 4.74 Å². The van der Waals surface area contributed by atoms with Gasteiger partial charge >= 0.3 is 0 Å². The van der Waals surface area contributed by atoms with Crippen molar-refractivity contribution in [1.29, 1.82) is 0 Å². The number of likely N-dealkylation sites (tertiary alicyclic amines) is 1. The number of nitrogens with zero attached hydrogens (tertiary/aromatic N) is 1. The normalized spacial score (nSPS) is 35.3. The topological polar surface area (TPSA) is 24.5 Å². The van der Waals surface area contributed by atoms with E-state index >= 15 is 0 Å². The maximum absolute atomic E-state index is 5.28. The maximum Gasteiger partial charge on any atom is 0.0503 e. The monoisotopic (exact) mass is 240 g/mol. The molecule has 2 saturated heterocycles. The van der Waals surface area contributed by atoms with Crippen LogP contribution in [0.3, 0.4) is 0 Å². The third-order valence-corrected chi connectivity index (χ3v) is 4.64. The first-order valence-electron chi connectivity index (χ1n) is 7.20. The second kappa shape index (κ2) is 6.17. The van der Waals surface area contributed by atoms with Gasteiger partial charge in [0.1, 0.15) is 0 Å². The van der Waals surface area contributed by atoms with Gasteiger partial charge in [0.15, 0.2) is 0 Å². The molecule has 2 fully saturated rings. The molecule has 2 atom stereocenters. The summed E-state index contributed by atoms with van der Waals surface area (Å²) in [5.74, 6) is 0.769. The summed E-state index contributed by atoms with van der Waals surface area (Å²) in [6.45, 7) is 9.54. The Morgan fingerprint density at radius 2 is 2.35 bits per heavy atom. The van der Waals surface area contributed by atoms with Crippen molar-refractivity contribution in [3.05, 3.63) is 0 Å². The molecule has 2 heterocycles. The quantitative estimate of drug-likeness (QED) is 0.792. The summed E-state index contributed by atoms with van der Waals surface area (Å²) in [4.78, 5) is 2.67. The number of rotatable bonds is 5. The minimum absolute atomic E-state index is 0.542. The molecule has 0 aromatic rings. The summed E-state index contributed by atoms with van der Waals surface area (Å²) in [5, 5.41) is 3.59. The molecule has 2 aliphatic rings. The predicted molar refractivity (Wildman–Crippen MR) is 71.3 cm³/mol. The molecule has 100 valence electrons. The maximum atomic E-state index is 5.28. The fourth-order valence-corrected chi connectivity index (χ4v) is 3.48. The first-order chi connectivity index (χ1) is 8.28. The molecule has 0 saturated carbocycles. The summed E-state index contributed by atoms with van der Waals surface area (Å²) < 4.78 is 5.28. The summed E-state index contributed by atoms with van der Waals surface area (Å²) in [7, 11) is 1.82. The van der Waals surface area contributed by atoms with Crippen LogP contribution in [0.25, 0.3) is 0 Å². The van der Waals surface area contributed by atoms with E-state index in [9.17, 15) is 0 Å². The minimum atomic E-state index is 0.542. The van der Waals surface area contributed by atoms with Crippen molar-refractivity contribution in [3.63, 3.8) is 0 Å². The van der Waals surface area contributed by atoms with Crippen molar-refractivity contribution >= 4 is 0 Å². The van der Waals surface area contributed by atoms with Gasteiger partial charge in [-0.2, -0.15) is 0 Å². The van der Waals surface area contributed by atoms with Crippen molar-refractivity contribution in [2.75, 3.05) is 46.4 Å². The van der Waals surface area contributed by atoms with E-state index in [-0.39, 0.29) is 0 Å². The van der Waals surface area contributed by atoms with E-state index in [1.807, 2.05) is 7.11 Å². The third kappa shape index (κ3) is 3.43. The van der Waals surface area contributed by atoms with Gasteiger partial charge < -0.3 is 15.0 Å². The number of hydrogen-bond acceptors (Lipinski definition) is 3. The lowest BCUT2D eigenvalue weighted by Crippen LogP contribution is -2.46. The summed E-state index contributed by atoms with van der Waals surface area (Å²) in [5.41, 5.74) is 0.542. The van der Waals surface area contributed by atoms with Crippen LogP contribution in [0.15, 0.2) is 0 Å². The van der Waals surface area contributed by atoms with Crippen LogP contribution in [0, 0.1) is 11.3 Å². The predicted octanol–water partition coefficient (Wildman–Crippen LogP) is 1.73. The molecule has 1 N–H and O–H groups in total. The van der Waals surface area contributed by atoms with Crippen molar-refractivity contribution in [2.45, 2.75) is 32.6 Å². The SMILES string of the molecule is CCC1(CN2CCC(COC)C2)CCCNC1. The minimum Gasteiger partial charge on any atom is -0.384 e. The highest BCUT2D eigenvalue weighted by molar-refractivity contribution is 4.89. The fourth-order valence-electron chi connectivity index (χ4n) is 3.48. The number of methoxy groups -OCH3 is 1. The lowest BCUT2D eigenvalue weighted by molar-refractivity contribution is 0.115. The molecule has 2 unspecified atom stereocenters. The van der Waals surface area contributed by atoms with Gasteiger partial charge in [-0.3, -0.25) is 0 Å². The van der Waals surface area contributed by atoms with Crippen LogP contribution >= 0.6 is 0 Å². The Morgan fingerprint density at radius 3 is 3.00 bits per heavy atom. The Hall–Kier alpha value is -0.120. The molecule has 0 aliphatic carbocycles. The molecular formula is C14H28N2O. The van der Waals surface area contributed by atoms with E-state index in [1.165, 1.54) is 58.4 Å². The van der Waals surface area contributed by atoms with Crippen LogP contribution in [0.2, 0.25) is 0 Å². The molecule has 0 amide bonds. The van der Waals surface area contributed by atoms with E-state index in [0.29, 0.717) is 5.41 Å². The highest BCUT2D eigenvalue weighted by Crippen LogP contribution is 2.32. The molecule has 0 spiro atoms. The molecule has 0 aromatic carbocycles. The zero-order valence-corrected chi connectivity index (χ0v) is 11.5. The first kappa shape index (κ1) is 13.3. The van der Waals surface area contributed by atoms with Gasteiger partial charge in [-0.05, 0) is 50.1 Å². The van der Waals surface area contributed by atoms with Gasteiger partial charge in [-0.25, -0.2) is 0 Å². The van der Waals surface area contributed by atoms with Gasteiger partial charge in [0.05, 0.1) is 6.61 Å². The molecular weight excluding hydrogens is 212 g/mol. The Balaban J connectivity index is 1.83. The largest absolute Gasteiger partial charge is 0.384 e. The van der Waals surface area contributed by atoms with Crippen molar-refractivity contribution in [3.8, 4) is 0 Å². The van der Waals surface area contributed by atoms with E-state index in [2.05, 4.69) is 17.1 Å². The zero-order chi connectivity index (χ0) is 12.1. The highest BCUT2D eigenvalue weighted by Gasteiger charge is 2.34. The van der Waals surface area contributed by atoms with Crippen LogP contribution in [0.1, 0.15) is 32.6 Å². The van der Waals surface area contributed by atoms with Crippen LogP contribution in [0.4, 0.5) is 0 Å². The summed E-state index contributed by atoms with van der Waals surface area (Å²) in [6.07, 6.45) is 5.39. The molecule has 3 heteroatoms. The Kier molecular flexibility index (Phi) is 4.83. The average molecular weight is 240 g/mol. The second-order valence-electron chi connectivity index (χ2n) is 5.98. The van der Waals surface area contributed by atoms with Crippen molar-refractivity contribution in [2.24, 2.45) is 11.3 Å². The average Bonchev–Trinajstić information content (AvgIpc) is 2.78. The lowest BCUT2D eigenvalue weighted by Gasteiger charge is -2.40. The van der Waals surface area contributed by atoms with E-state index in [1.54, 1.807) is 0 Å². The van der Waals surface area contributed by atoms with E-state index in [4.69, 9.17) is 4.74 Å². The smallest absolute Gasteiger partial charge is 0.0503 e. The molecule has 0 aromatic heterocycles. The zero-order valence-electron chi connectivity index (χ0n) is 11.5. The number of hydrogen-bond donors (Lipinski definition) is 1. The molecule has 2 rings (SSSR count). The number of ether oxygens (including phenoxy) is 1. The fraction of sp³-hybridized carbons (Fsp3) is 1.00. The van der Waals surface area contributed by atoms with Crippen LogP contribution in [-0.4, -0.2) is 51.3 Å². The summed E-state index contributed by atoms with van der Waals surface area (Å²) in [6, 6.07) is 0. The molecule has 3 nitrogen and oxygen atoms in total. The lowest BCUT2D eigenvalue weighted by atomic mass is 9.78. The Morgan fingerprint density at radius 1 is 1.47 bits per heavy atom. The summed E-state index contributed by atoms with van der Waals surface area (Å²) >= 11 is 0. The molecule has 2 aliphatic heterocycles. The number of piperidine rings is 1. The number of nitrogens with one attached hydrogen (secondary N) is 1. The first-order valence-corrected chi connectivity index (χ1v) is 7.20. The van der Waals surface area contributed by atoms with Crippen LogP contribution in [0.5, 0.6) is 0 Å². The standard InChI is InChI=1S/C14H28N2O/c1-3-14(6-4-7-15-11-14)12-16-8-5-13(9-16)10-17-2/h13,15H,3-12H2,1-2H3. The Labute approximate surface area is 106 Å². The van der Waals surface area contributed by atoms with Gasteiger partial charge in [0.25, 0.3) is 0 Å². The highest BCUT2D eigenvalue weighted by atomic mass is 16.5. The molecule has 0 radical (unpaired) electrons. The van der Waals surface area contributed by atoms with Gasteiger partial charge in [0.2, 0.25) is 0 Å². The van der Waals surface area contributed by atoms with Gasteiger partial charge in [-0.1, -0.05) is 6.92 Å². The van der Waals surface area contributed by atoms with Crippen molar-refractivity contribution < 1.29 is 4.74 Å². The second-order valence-corrected chi connectivity index (χ2v) is 5.98. The molecule has 17 heavy (non-hydrogen) atoms.